The summed E-state index contributed by atoms with van der Waals surface area (Å²) in [5.74, 6) is 1.22. The molecule has 0 nitrogen and oxygen atoms in total. The van der Waals surface area contributed by atoms with E-state index in [0.29, 0.717) is 23.5 Å². The first-order valence-corrected chi connectivity index (χ1v) is 17.0. The lowest BCUT2D eigenvalue weighted by Gasteiger charge is -2.38. The van der Waals surface area contributed by atoms with Crippen LogP contribution in [0.15, 0.2) is 66.7 Å². The van der Waals surface area contributed by atoms with E-state index < -0.39 is 11.6 Å². The van der Waals surface area contributed by atoms with Crippen LogP contribution in [0.4, 0.5) is 13.2 Å². The molecule has 3 aromatic rings. The number of allylic oxidation sites excluding steroid dienone is 2. The lowest BCUT2D eigenvalue weighted by Crippen LogP contribution is -2.25. The van der Waals surface area contributed by atoms with E-state index in [1.165, 1.54) is 51.4 Å². The maximum absolute atomic E-state index is 15.4. The van der Waals surface area contributed by atoms with Crippen LogP contribution in [-0.2, 0) is 6.42 Å². The van der Waals surface area contributed by atoms with Crippen molar-refractivity contribution in [3.8, 4) is 22.3 Å². The maximum atomic E-state index is 15.4. The predicted octanol–water partition coefficient (Wildman–Crippen LogP) is 12.6. The van der Waals surface area contributed by atoms with Gasteiger partial charge in [0.05, 0.1) is 0 Å². The molecular weight excluding hydrogens is 537 g/mol. The Morgan fingerprint density at radius 1 is 0.698 bits per heavy atom. The van der Waals surface area contributed by atoms with Crippen molar-refractivity contribution in [3.63, 3.8) is 0 Å². The van der Waals surface area contributed by atoms with Gasteiger partial charge in [-0.3, -0.25) is 0 Å². The zero-order chi connectivity index (χ0) is 30.2. The maximum Gasteiger partial charge on any atom is 0.166 e. The molecule has 2 aliphatic rings. The van der Waals surface area contributed by atoms with E-state index in [9.17, 15) is 8.78 Å². The summed E-state index contributed by atoms with van der Waals surface area (Å²) < 4.78 is 45.1. The Balaban J connectivity index is 1.17. The van der Waals surface area contributed by atoms with Crippen molar-refractivity contribution in [1.82, 2.24) is 0 Å². The molecule has 230 valence electrons. The fourth-order valence-electron chi connectivity index (χ4n) is 7.80. The first-order chi connectivity index (χ1) is 21.0. The number of halogens is 3. The van der Waals surface area contributed by atoms with Crippen molar-refractivity contribution < 1.29 is 13.2 Å². The van der Waals surface area contributed by atoms with Crippen molar-refractivity contribution in [2.75, 3.05) is 0 Å². The second-order valence-electron chi connectivity index (χ2n) is 13.2. The molecule has 2 aliphatic carbocycles. The Morgan fingerprint density at radius 3 is 2.00 bits per heavy atom. The van der Waals surface area contributed by atoms with Gasteiger partial charge in [0.25, 0.3) is 0 Å². The summed E-state index contributed by atoms with van der Waals surface area (Å²) in [7, 11) is 0. The molecule has 43 heavy (non-hydrogen) atoms. The molecule has 0 unspecified atom stereocenters. The van der Waals surface area contributed by atoms with Crippen molar-refractivity contribution >= 4 is 0 Å². The summed E-state index contributed by atoms with van der Waals surface area (Å²) in [6.07, 6.45) is 20.6. The molecule has 3 heteroatoms. The molecule has 5 rings (SSSR count). The van der Waals surface area contributed by atoms with Gasteiger partial charge >= 0.3 is 0 Å². The monoisotopic (exact) mass is 586 g/mol. The molecule has 0 saturated heterocycles. The predicted molar refractivity (Wildman–Crippen MR) is 175 cm³/mol. The topological polar surface area (TPSA) is 0 Å². The summed E-state index contributed by atoms with van der Waals surface area (Å²) in [4.78, 5) is 0. The van der Waals surface area contributed by atoms with Crippen LogP contribution in [0.3, 0.4) is 0 Å². The number of aryl methyl sites for hydroxylation is 1. The minimum absolute atomic E-state index is 0.126. The van der Waals surface area contributed by atoms with Gasteiger partial charge in [0.2, 0.25) is 0 Å². The Hall–Kier alpha value is -2.81. The number of hydrogen-bond donors (Lipinski definition) is 0. The van der Waals surface area contributed by atoms with Gasteiger partial charge in [-0.15, -0.1) is 0 Å². The van der Waals surface area contributed by atoms with Gasteiger partial charge < -0.3 is 0 Å². The molecule has 0 bridgehead atoms. The highest BCUT2D eigenvalue weighted by molar-refractivity contribution is 5.71. The van der Waals surface area contributed by atoms with Crippen molar-refractivity contribution in [2.24, 2.45) is 17.8 Å². The van der Waals surface area contributed by atoms with Gasteiger partial charge in [-0.1, -0.05) is 93.3 Å². The first kappa shape index (κ1) is 31.6. The van der Waals surface area contributed by atoms with Gasteiger partial charge in [-0.05, 0) is 129 Å². The second kappa shape index (κ2) is 15.3. The van der Waals surface area contributed by atoms with E-state index in [0.717, 1.165) is 66.5 Å². The highest BCUT2D eigenvalue weighted by Gasteiger charge is 2.32. The average Bonchev–Trinajstić information content (AvgIpc) is 3.04. The smallest absolute Gasteiger partial charge is 0.166 e. The lowest BCUT2D eigenvalue weighted by atomic mass is 9.68. The highest BCUT2D eigenvalue weighted by Crippen LogP contribution is 2.45. The summed E-state index contributed by atoms with van der Waals surface area (Å²) in [6.45, 7) is 4.20. The molecule has 0 N–H and O–H groups in total. The third kappa shape index (κ3) is 7.83. The third-order valence-electron chi connectivity index (χ3n) is 10.5. The molecule has 0 amide bonds. The summed E-state index contributed by atoms with van der Waals surface area (Å²) in [5, 5.41) is 0. The fourth-order valence-corrected chi connectivity index (χ4v) is 7.80. The Bertz CT molecular complexity index is 1340. The quantitative estimate of drug-likeness (QED) is 0.155. The van der Waals surface area contributed by atoms with Crippen LogP contribution in [0.5, 0.6) is 0 Å². The molecule has 0 spiro atoms. The molecule has 3 aromatic carbocycles. The molecule has 2 fully saturated rings. The Kier molecular flexibility index (Phi) is 11.2. The summed E-state index contributed by atoms with van der Waals surface area (Å²) >= 11 is 0. The molecular formula is C40H49F3. The van der Waals surface area contributed by atoms with Crippen LogP contribution in [0.25, 0.3) is 22.3 Å². The third-order valence-corrected chi connectivity index (χ3v) is 10.5. The van der Waals surface area contributed by atoms with Crippen molar-refractivity contribution in [3.05, 3.63) is 95.3 Å². The zero-order valence-electron chi connectivity index (χ0n) is 26.2. The molecule has 2 saturated carbocycles. The second-order valence-corrected chi connectivity index (χ2v) is 13.2. The van der Waals surface area contributed by atoms with Crippen LogP contribution >= 0.6 is 0 Å². The zero-order valence-corrected chi connectivity index (χ0v) is 26.2. The standard InChI is InChI=1S/C40H49F3/c1-3-5-7-9-28-11-13-29(14-12-28)30-15-19-32(20-16-30)36-25-24-35(27-38(36)41)31-17-21-33(22-18-31)37-26-23-34(10-8-6-4-2)39(42)40(37)43/h3,5,17-18,21-30,32H,4,6-16,19-20H2,1-2H3. The largest absolute Gasteiger partial charge is 0.207 e. The molecule has 0 heterocycles. The van der Waals surface area contributed by atoms with Crippen LogP contribution in [0.2, 0.25) is 0 Å². The summed E-state index contributed by atoms with van der Waals surface area (Å²) in [5.41, 5.74) is 3.85. The SMILES string of the molecule is CC=CCCC1CCC(C2CCC(c3ccc(-c4ccc(-c5ccc(CCCCC)c(F)c5F)cc4)cc3F)CC2)CC1. The van der Waals surface area contributed by atoms with Crippen LogP contribution in [0, 0.1) is 35.2 Å². The normalized spacial score (nSPS) is 22.7. The number of hydrogen-bond acceptors (Lipinski definition) is 0. The molecule has 0 atom stereocenters. The highest BCUT2D eigenvalue weighted by atomic mass is 19.2. The minimum Gasteiger partial charge on any atom is -0.207 e. The van der Waals surface area contributed by atoms with Gasteiger partial charge in [0, 0.05) is 5.56 Å². The van der Waals surface area contributed by atoms with E-state index in [2.05, 4.69) is 26.0 Å². The Labute approximate surface area is 257 Å². The number of rotatable bonds is 11. The average molecular weight is 587 g/mol. The van der Waals surface area contributed by atoms with Crippen molar-refractivity contribution in [1.29, 1.82) is 0 Å². The van der Waals surface area contributed by atoms with Crippen LogP contribution < -0.4 is 0 Å². The van der Waals surface area contributed by atoms with E-state index in [1.807, 2.05) is 24.3 Å². The van der Waals surface area contributed by atoms with E-state index in [1.54, 1.807) is 30.3 Å². The van der Waals surface area contributed by atoms with E-state index in [4.69, 9.17) is 0 Å². The molecule has 0 radical (unpaired) electrons. The van der Waals surface area contributed by atoms with Crippen molar-refractivity contribution in [2.45, 2.75) is 110 Å². The molecule has 0 aromatic heterocycles. The van der Waals surface area contributed by atoms with Gasteiger partial charge in [-0.2, -0.15) is 0 Å². The first-order valence-electron chi connectivity index (χ1n) is 17.0. The summed E-state index contributed by atoms with van der Waals surface area (Å²) in [6, 6.07) is 16.4. The van der Waals surface area contributed by atoms with Gasteiger partial charge in [0.15, 0.2) is 11.6 Å². The van der Waals surface area contributed by atoms with Gasteiger partial charge in [0.1, 0.15) is 5.82 Å². The fraction of sp³-hybridized carbons (Fsp3) is 0.500. The molecule has 0 aliphatic heterocycles. The Morgan fingerprint density at radius 2 is 1.35 bits per heavy atom. The number of benzene rings is 3. The number of unbranched alkanes of at least 4 members (excludes halogenated alkanes) is 2. The van der Waals surface area contributed by atoms with Crippen LogP contribution in [-0.4, -0.2) is 0 Å². The van der Waals surface area contributed by atoms with Crippen LogP contribution in [0.1, 0.15) is 114 Å². The van der Waals surface area contributed by atoms with E-state index >= 15 is 4.39 Å². The minimum atomic E-state index is -0.792. The lowest BCUT2D eigenvalue weighted by molar-refractivity contribution is 0.156. The van der Waals surface area contributed by atoms with E-state index in [-0.39, 0.29) is 11.4 Å². The van der Waals surface area contributed by atoms with Gasteiger partial charge in [-0.25, -0.2) is 13.2 Å².